The number of amides is 2. The van der Waals surface area contributed by atoms with E-state index in [2.05, 4.69) is 22.0 Å². The summed E-state index contributed by atoms with van der Waals surface area (Å²) in [7, 11) is 0. The van der Waals surface area contributed by atoms with Crippen LogP contribution in [0.2, 0.25) is 0 Å². The molecule has 30 heavy (non-hydrogen) atoms. The lowest BCUT2D eigenvalue weighted by Crippen LogP contribution is -2.49. The zero-order valence-corrected chi connectivity index (χ0v) is 18.4. The van der Waals surface area contributed by atoms with Gasteiger partial charge < -0.3 is 14.7 Å². The normalized spacial score (nSPS) is 24.1. The first-order valence-electron chi connectivity index (χ1n) is 11.8. The third kappa shape index (κ3) is 5.13. The smallest absolute Gasteiger partial charge is 0.227 e. The zero-order valence-electron chi connectivity index (χ0n) is 18.4. The van der Waals surface area contributed by atoms with Crippen LogP contribution in [0.15, 0.2) is 18.3 Å². The van der Waals surface area contributed by atoms with E-state index in [1.165, 1.54) is 37.8 Å². The highest BCUT2D eigenvalue weighted by atomic mass is 16.2. The van der Waals surface area contributed by atoms with Crippen LogP contribution in [0.3, 0.4) is 0 Å². The Bertz CT molecular complexity index is 746. The highest BCUT2D eigenvalue weighted by Crippen LogP contribution is 2.28. The Hall–Kier alpha value is -2.11. The third-order valence-corrected chi connectivity index (χ3v) is 7.11. The SMILES string of the molecule is Cc1cc(N2CCCN(C(=O)C3CCC(=O)N(CC4CCCCC4)C3)CC2)ccn1. The number of piperidine rings is 1. The highest BCUT2D eigenvalue weighted by Gasteiger charge is 2.34. The van der Waals surface area contributed by atoms with Crippen LogP contribution in [-0.4, -0.2) is 65.9 Å². The van der Waals surface area contributed by atoms with Gasteiger partial charge in [0.25, 0.3) is 0 Å². The van der Waals surface area contributed by atoms with Gasteiger partial charge in [0.15, 0.2) is 0 Å². The molecule has 0 bridgehead atoms. The first-order valence-corrected chi connectivity index (χ1v) is 11.8. The molecule has 2 aliphatic heterocycles. The molecule has 3 aliphatic rings. The minimum atomic E-state index is -0.0268. The van der Waals surface area contributed by atoms with Crippen molar-refractivity contribution in [3.8, 4) is 0 Å². The lowest BCUT2D eigenvalue weighted by molar-refractivity contribution is -0.143. The van der Waals surface area contributed by atoms with Gasteiger partial charge in [0, 0.05) is 63.3 Å². The van der Waals surface area contributed by atoms with Crippen molar-refractivity contribution in [3.63, 3.8) is 0 Å². The van der Waals surface area contributed by atoms with Crippen molar-refractivity contribution in [2.75, 3.05) is 44.2 Å². The van der Waals surface area contributed by atoms with Gasteiger partial charge in [-0.25, -0.2) is 0 Å². The number of nitrogens with zero attached hydrogens (tertiary/aromatic N) is 4. The van der Waals surface area contributed by atoms with Gasteiger partial charge in [-0.2, -0.15) is 0 Å². The molecule has 1 aliphatic carbocycles. The average molecular weight is 413 g/mol. The lowest BCUT2D eigenvalue weighted by Gasteiger charge is -2.37. The summed E-state index contributed by atoms with van der Waals surface area (Å²) in [6.45, 7) is 6.88. The van der Waals surface area contributed by atoms with E-state index < -0.39 is 0 Å². The second-order valence-corrected chi connectivity index (χ2v) is 9.36. The van der Waals surface area contributed by atoms with E-state index in [1.54, 1.807) is 0 Å². The number of carbonyl (C=O) groups is 2. The van der Waals surface area contributed by atoms with E-state index in [0.717, 1.165) is 44.8 Å². The molecule has 3 fully saturated rings. The number of rotatable bonds is 4. The Morgan fingerprint density at radius 3 is 2.70 bits per heavy atom. The van der Waals surface area contributed by atoms with Crippen molar-refractivity contribution >= 4 is 17.5 Å². The van der Waals surface area contributed by atoms with Gasteiger partial charge in [0.2, 0.25) is 11.8 Å². The van der Waals surface area contributed by atoms with Gasteiger partial charge in [-0.05, 0) is 50.7 Å². The fourth-order valence-electron chi connectivity index (χ4n) is 5.36. The fourth-order valence-corrected chi connectivity index (χ4v) is 5.36. The first kappa shape index (κ1) is 21.1. The maximum absolute atomic E-state index is 13.3. The highest BCUT2D eigenvalue weighted by molar-refractivity contribution is 5.84. The Kier molecular flexibility index (Phi) is 6.90. The number of aromatic nitrogens is 1. The van der Waals surface area contributed by atoms with E-state index in [4.69, 9.17) is 0 Å². The van der Waals surface area contributed by atoms with Crippen LogP contribution in [0.5, 0.6) is 0 Å². The quantitative estimate of drug-likeness (QED) is 0.762. The maximum Gasteiger partial charge on any atom is 0.227 e. The van der Waals surface area contributed by atoms with Crippen molar-refractivity contribution in [1.82, 2.24) is 14.8 Å². The molecule has 4 rings (SSSR count). The summed E-state index contributed by atoms with van der Waals surface area (Å²) in [4.78, 5) is 36.5. The molecule has 6 nitrogen and oxygen atoms in total. The van der Waals surface area contributed by atoms with Crippen molar-refractivity contribution in [2.45, 2.75) is 58.3 Å². The Morgan fingerprint density at radius 1 is 1.07 bits per heavy atom. The second kappa shape index (κ2) is 9.80. The van der Waals surface area contributed by atoms with Gasteiger partial charge >= 0.3 is 0 Å². The van der Waals surface area contributed by atoms with Gasteiger partial charge in [0.05, 0.1) is 5.92 Å². The molecule has 0 spiro atoms. The zero-order chi connectivity index (χ0) is 20.9. The minimum absolute atomic E-state index is 0.0268. The Morgan fingerprint density at radius 2 is 1.90 bits per heavy atom. The minimum Gasteiger partial charge on any atom is -0.370 e. The topological polar surface area (TPSA) is 56.8 Å². The van der Waals surface area contributed by atoms with Crippen LogP contribution in [0.1, 0.15) is 57.1 Å². The fraction of sp³-hybridized carbons (Fsp3) is 0.708. The van der Waals surface area contributed by atoms with Crippen LogP contribution in [0, 0.1) is 18.8 Å². The molecule has 0 aromatic carbocycles. The third-order valence-electron chi connectivity index (χ3n) is 7.11. The van der Waals surface area contributed by atoms with Crippen LogP contribution in [0.4, 0.5) is 5.69 Å². The Labute approximate surface area is 180 Å². The van der Waals surface area contributed by atoms with Crippen molar-refractivity contribution in [1.29, 1.82) is 0 Å². The molecule has 2 amide bonds. The predicted molar refractivity (Wildman–Crippen MR) is 118 cm³/mol. The van der Waals surface area contributed by atoms with E-state index >= 15 is 0 Å². The van der Waals surface area contributed by atoms with Crippen molar-refractivity contribution < 1.29 is 9.59 Å². The molecule has 3 heterocycles. The standard InChI is InChI=1S/C24H36N4O2/c1-19-16-22(10-11-25-19)26-12-5-13-27(15-14-26)24(30)21-8-9-23(29)28(18-21)17-20-6-3-2-4-7-20/h10-11,16,20-21H,2-9,12-15,17-18H2,1H3. The van der Waals surface area contributed by atoms with Gasteiger partial charge in [-0.1, -0.05) is 19.3 Å². The number of anilines is 1. The van der Waals surface area contributed by atoms with E-state index in [-0.39, 0.29) is 17.7 Å². The second-order valence-electron chi connectivity index (χ2n) is 9.36. The van der Waals surface area contributed by atoms with Crippen LogP contribution >= 0.6 is 0 Å². The summed E-state index contributed by atoms with van der Waals surface area (Å²) in [6, 6.07) is 4.17. The Balaban J connectivity index is 1.33. The van der Waals surface area contributed by atoms with Gasteiger partial charge in [-0.15, -0.1) is 0 Å². The van der Waals surface area contributed by atoms with Crippen LogP contribution < -0.4 is 4.90 Å². The van der Waals surface area contributed by atoms with Crippen molar-refractivity contribution in [3.05, 3.63) is 24.0 Å². The van der Waals surface area contributed by atoms with E-state index in [1.807, 2.05) is 22.9 Å². The van der Waals surface area contributed by atoms with Gasteiger partial charge in [0.1, 0.15) is 0 Å². The number of carbonyl (C=O) groups excluding carboxylic acids is 2. The summed E-state index contributed by atoms with van der Waals surface area (Å²) >= 11 is 0. The molecule has 164 valence electrons. The number of aryl methyl sites for hydroxylation is 1. The molecule has 1 aromatic rings. The molecule has 6 heteroatoms. The van der Waals surface area contributed by atoms with E-state index in [0.29, 0.717) is 25.3 Å². The largest absolute Gasteiger partial charge is 0.370 e. The summed E-state index contributed by atoms with van der Waals surface area (Å²) < 4.78 is 0. The van der Waals surface area contributed by atoms with Gasteiger partial charge in [-0.3, -0.25) is 14.6 Å². The predicted octanol–water partition coefficient (Wildman–Crippen LogP) is 3.25. The summed E-state index contributed by atoms with van der Waals surface area (Å²) in [5.41, 5.74) is 2.22. The number of hydrogen-bond acceptors (Lipinski definition) is 4. The molecule has 0 N–H and O–H groups in total. The lowest BCUT2D eigenvalue weighted by atomic mass is 9.87. The summed E-state index contributed by atoms with van der Waals surface area (Å²) in [5.74, 6) is 1.11. The molecule has 1 aromatic heterocycles. The van der Waals surface area contributed by atoms with Crippen molar-refractivity contribution in [2.24, 2.45) is 11.8 Å². The number of pyridine rings is 1. The molecule has 2 saturated heterocycles. The molecule has 1 saturated carbocycles. The first-order chi connectivity index (χ1) is 14.6. The monoisotopic (exact) mass is 412 g/mol. The molecular formula is C24H36N4O2. The summed E-state index contributed by atoms with van der Waals surface area (Å²) in [5, 5.41) is 0. The van der Waals surface area contributed by atoms with E-state index in [9.17, 15) is 9.59 Å². The molecule has 1 unspecified atom stereocenters. The maximum atomic E-state index is 13.3. The number of hydrogen-bond donors (Lipinski definition) is 0. The molecule has 0 radical (unpaired) electrons. The number of likely N-dealkylation sites (tertiary alicyclic amines) is 1. The molecular weight excluding hydrogens is 376 g/mol. The average Bonchev–Trinajstić information content (AvgIpc) is 3.02. The van der Waals surface area contributed by atoms with Crippen LogP contribution in [0.25, 0.3) is 0 Å². The van der Waals surface area contributed by atoms with Crippen LogP contribution in [-0.2, 0) is 9.59 Å². The molecule has 1 atom stereocenters. The summed E-state index contributed by atoms with van der Waals surface area (Å²) in [6.07, 6.45) is 10.5.